The number of nitrogens with one attached hydrogen (secondary N) is 1. The molecule has 0 radical (unpaired) electrons. The molecule has 0 aliphatic heterocycles. The van der Waals surface area contributed by atoms with Gasteiger partial charge in [-0.2, -0.15) is 0 Å². The highest BCUT2D eigenvalue weighted by Crippen LogP contribution is 2.48. The highest BCUT2D eigenvalue weighted by Gasteiger charge is 2.44. The van der Waals surface area contributed by atoms with E-state index < -0.39 is 0 Å². The smallest absolute Gasteiger partial charge is 0.224 e. The Morgan fingerprint density at radius 3 is 2.61 bits per heavy atom. The van der Waals surface area contributed by atoms with Crippen LogP contribution in [-0.4, -0.2) is 13.0 Å². The Kier molecular flexibility index (Phi) is 4.72. The van der Waals surface area contributed by atoms with E-state index >= 15 is 0 Å². The summed E-state index contributed by atoms with van der Waals surface area (Å²) in [4.78, 5) is 12.3. The maximum atomic E-state index is 13.8. The Morgan fingerprint density at radius 2 is 1.87 bits per heavy atom. The van der Waals surface area contributed by atoms with Crippen LogP contribution in [0.2, 0.25) is 0 Å². The van der Waals surface area contributed by atoms with Gasteiger partial charge in [-0.15, -0.1) is 0 Å². The second-order valence-corrected chi connectivity index (χ2v) is 5.89. The summed E-state index contributed by atoms with van der Waals surface area (Å²) in [6.45, 7) is 0.992. The molecule has 1 saturated carbocycles. The second-order valence-electron chi connectivity index (χ2n) is 5.89. The fourth-order valence-electron chi connectivity index (χ4n) is 2.94. The summed E-state index contributed by atoms with van der Waals surface area (Å²) < 4.78 is 18.9. The predicted octanol–water partition coefficient (Wildman–Crippen LogP) is 3.39. The van der Waals surface area contributed by atoms with Gasteiger partial charge in [0.1, 0.15) is 5.82 Å². The number of hydrogen-bond donors (Lipinski definition) is 1. The van der Waals surface area contributed by atoms with E-state index in [0.717, 1.165) is 11.1 Å². The SMILES string of the molecule is COCc1ccccc1CNC(=O)C1CC1c1ccccc1F. The molecule has 3 rings (SSSR count). The van der Waals surface area contributed by atoms with Gasteiger partial charge in [0.05, 0.1) is 6.61 Å². The van der Waals surface area contributed by atoms with Crippen LogP contribution in [0.25, 0.3) is 0 Å². The van der Waals surface area contributed by atoms with Crippen molar-refractivity contribution in [2.24, 2.45) is 5.92 Å². The number of methoxy groups -OCH3 is 1. The number of halogens is 1. The van der Waals surface area contributed by atoms with E-state index in [1.54, 1.807) is 19.2 Å². The first-order chi connectivity index (χ1) is 11.2. The number of ether oxygens (including phenoxy) is 1. The predicted molar refractivity (Wildman–Crippen MR) is 86.2 cm³/mol. The fourth-order valence-corrected chi connectivity index (χ4v) is 2.94. The molecule has 23 heavy (non-hydrogen) atoms. The molecule has 0 aromatic heterocycles. The molecule has 4 heteroatoms. The number of amides is 1. The van der Waals surface area contributed by atoms with Crippen LogP contribution in [0.3, 0.4) is 0 Å². The zero-order valence-electron chi connectivity index (χ0n) is 13.1. The minimum absolute atomic E-state index is 0.00502. The van der Waals surface area contributed by atoms with Gasteiger partial charge in [-0.1, -0.05) is 42.5 Å². The molecule has 2 unspecified atom stereocenters. The van der Waals surface area contributed by atoms with Crippen molar-refractivity contribution in [3.63, 3.8) is 0 Å². The lowest BCUT2D eigenvalue weighted by atomic mass is 10.1. The summed E-state index contributed by atoms with van der Waals surface area (Å²) in [5.41, 5.74) is 2.76. The molecular formula is C19H20FNO2. The summed E-state index contributed by atoms with van der Waals surface area (Å²) in [7, 11) is 1.65. The molecule has 0 bridgehead atoms. The van der Waals surface area contributed by atoms with Gasteiger partial charge >= 0.3 is 0 Å². The topological polar surface area (TPSA) is 38.3 Å². The van der Waals surface area contributed by atoms with Gasteiger partial charge in [-0.3, -0.25) is 4.79 Å². The summed E-state index contributed by atoms with van der Waals surface area (Å²) in [6, 6.07) is 14.6. The van der Waals surface area contributed by atoms with Crippen molar-refractivity contribution in [1.82, 2.24) is 5.32 Å². The highest BCUT2D eigenvalue weighted by molar-refractivity contribution is 5.82. The molecule has 1 aliphatic rings. The molecule has 3 nitrogen and oxygen atoms in total. The summed E-state index contributed by atoms with van der Waals surface area (Å²) >= 11 is 0. The Bertz CT molecular complexity index is 701. The van der Waals surface area contributed by atoms with Crippen molar-refractivity contribution in [2.75, 3.05) is 7.11 Å². The fraction of sp³-hybridized carbons (Fsp3) is 0.316. The first-order valence-electron chi connectivity index (χ1n) is 7.78. The molecule has 0 heterocycles. The Morgan fingerprint density at radius 1 is 1.17 bits per heavy atom. The van der Waals surface area contributed by atoms with Gasteiger partial charge in [-0.05, 0) is 35.1 Å². The zero-order chi connectivity index (χ0) is 16.2. The lowest BCUT2D eigenvalue weighted by Gasteiger charge is -2.10. The average Bonchev–Trinajstić information content (AvgIpc) is 3.35. The zero-order valence-corrected chi connectivity index (χ0v) is 13.1. The third kappa shape index (κ3) is 3.59. The van der Waals surface area contributed by atoms with Crippen LogP contribution in [0, 0.1) is 11.7 Å². The Hall–Kier alpha value is -2.20. The van der Waals surface area contributed by atoms with Crippen LogP contribution >= 0.6 is 0 Å². The molecule has 1 N–H and O–H groups in total. The van der Waals surface area contributed by atoms with Gasteiger partial charge in [0.25, 0.3) is 0 Å². The van der Waals surface area contributed by atoms with Crippen LogP contribution in [0.15, 0.2) is 48.5 Å². The lowest BCUT2D eigenvalue weighted by Crippen LogP contribution is -2.25. The number of carbonyl (C=O) groups excluding carboxylic acids is 1. The standard InChI is InChI=1S/C19H20FNO2/c1-23-12-14-7-3-2-6-13(14)11-21-19(22)17-10-16(17)15-8-4-5-9-18(15)20/h2-9,16-17H,10-12H2,1H3,(H,21,22). The molecule has 1 fully saturated rings. The third-order valence-corrected chi connectivity index (χ3v) is 4.30. The van der Waals surface area contributed by atoms with Crippen molar-refractivity contribution in [3.05, 3.63) is 71.0 Å². The molecule has 2 aromatic rings. The molecule has 1 aliphatic carbocycles. The van der Waals surface area contributed by atoms with Crippen LogP contribution in [0.1, 0.15) is 29.0 Å². The van der Waals surface area contributed by atoms with Crippen molar-refractivity contribution in [1.29, 1.82) is 0 Å². The molecule has 0 spiro atoms. The first kappa shape index (κ1) is 15.7. The summed E-state index contributed by atoms with van der Waals surface area (Å²) in [6.07, 6.45) is 0.715. The molecule has 0 saturated heterocycles. The van der Waals surface area contributed by atoms with Gasteiger partial charge in [0.2, 0.25) is 5.91 Å². The van der Waals surface area contributed by atoms with E-state index in [-0.39, 0.29) is 23.6 Å². The third-order valence-electron chi connectivity index (χ3n) is 4.30. The van der Waals surface area contributed by atoms with E-state index in [2.05, 4.69) is 5.32 Å². The molecular weight excluding hydrogens is 293 g/mol. The van der Waals surface area contributed by atoms with Crippen LogP contribution in [-0.2, 0) is 22.7 Å². The van der Waals surface area contributed by atoms with Crippen molar-refractivity contribution in [2.45, 2.75) is 25.5 Å². The van der Waals surface area contributed by atoms with Crippen molar-refractivity contribution < 1.29 is 13.9 Å². The van der Waals surface area contributed by atoms with Crippen LogP contribution < -0.4 is 5.32 Å². The van der Waals surface area contributed by atoms with Crippen LogP contribution in [0.4, 0.5) is 4.39 Å². The second kappa shape index (κ2) is 6.92. The van der Waals surface area contributed by atoms with Crippen LogP contribution in [0.5, 0.6) is 0 Å². The number of hydrogen-bond acceptors (Lipinski definition) is 2. The number of carbonyl (C=O) groups is 1. The van der Waals surface area contributed by atoms with Crippen molar-refractivity contribution >= 4 is 5.91 Å². The summed E-state index contributed by atoms with van der Waals surface area (Å²) in [5.74, 6) is -0.351. The lowest BCUT2D eigenvalue weighted by molar-refractivity contribution is -0.122. The summed E-state index contributed by atoms with van der Waals surface area (Å²) in [5, 5.41) is 2.96. The largest absolute Gasteiger partial charge is 0.380 e. The van der Waals surface area contributed by atoms with Gasteiger partial charge in [0, 0.05) is 19.6 Å². The number of rotatable bonds is 6. The Labute approximate surface area is 135 Å². The molecule has 120 valence electrons. The normalized spacial score (nSPS) is 19.4. The first-order valence-corrected chi connectivity index (χ1v) is 7.78. The van der Waals surface area contributed by atoms with E-state index in [1.807, 2.05) is 30.3 Å². The monoisotopic (exact) mass is 313 g/mol. The van der Waals surface area contributed by atoms with Gasteiger partial charge in [0.15, 0.2) is 0 Å². The minimum Gasteiger partial charge on any atom is -0.380 e. The quantitative estimate of drug-likeness (QED) is 0.888. The maximum Gasteiger partial charge on any atom is 0.224 e. The average molecular weight is 313 g/mol. The van der Waals surface area contributed by atoms with Gasteiger partial charge < -0.3 is 10.1 Å². The Balaban J connectivity index is 1.58. The molecule has 1 amide bonds. The van der Waals surface area contributed by atoms with E-state index in [1.165, 1.54) is 6.07 Å². The molecule has 2 aromatic carbocycles. The van der Waals surface area contributed by atoms with E-state index in [4.69, 9.17) is 4.74 Å². The maximum absolute atomic E-state index is 13.8. The molecule has 2 atom stereocenters. The highest BCUT2D eigenvalue weighted by atomic mass is 19.1. The van der Waals surface area contributed by atoms with Gasteiger partial charge in [-0.25, -0.2) is 4.39 Å². The minimum atomic E-state index is -0.224. The number of benzene rings is 2. The van der Waals surface area contributed by atoms with Crippen molar-refractivity contribution in [3.8, 4) is 0 Å². The van der Waals surface area contributed by atoms with E-state index in [0.29, 0.717) is 25.1 Å². The van der Waals surface area contributed by atoms with E-state index in [9.17, 15) is 9.18 Å².